The Bertz CT molecular complexity index is 1630. The molecule has 3 aromatic rings. The molecule has 7 atom stereocenters. The van der Waals surface area contributed by atoms with Gasteiger partial charge in [-0.1, -0.05) is 31.2 Å². The summed E-state index contributed by atoms with van der Waals surface area (Å²) in [6.45, 7) is 4.04. The molecule has 4 aliphatic rings. The summed E-state index contributed by atoms with van der Waals surface area (Å²) in [5.74, 6) is -1.02. The molecule has 10 nitrogen and oxygen atoms in total. The van der Waals surface area contributed by atoms with Crippen molar-refractivity contribution < 1.29 is 33.3 Å². The summed E-state index contributed by atoms with van der Waals surface area (Å²) < 4.78 is 26.4. The Morgan fingerprint density at radius 3 is 2.80 bits per heavy atom. The average Bonchev–Trinajstić information content (AvgIpc) is 3.73. The molecule has 0 aliphatic heterocycles. The van der Waals surface area contributed by atoms with Crippen molar-refractivity contribution >= 4 is 28.9 Å². The number of allylic oxidation sites excluding steroid dienone is 1. The van der Waals surface area contributed by atoms with Crippen molar-refractivity contribution in [2.24, 2.45) is 28.6 Å². The summed E-state index contributed by atoms with van der Waals surface area (Å²) in [6.07, 6.45) is 10.8. The van der Waals surface area contributed by atoms with Gasteiger partial charge in [0.05, 0.1) is 36.5 Å². The number of halogens is 1. The Labute approximate surface area is 258 Å². The summed E-state index contributed by atoms with van der Waals surface area (Å²) >= 11 is 0.972. The van der Waals surface area contributed by atoms with Crippen LogP contribution in [0.15, 0.2) is 47.2 Å². The minimum Gasteiger partial charge on any atom is -0.451 e. The Balaban J connectivity index is 1.22. The first-order chi connectivity index (χ1) is 21.1. The van der Waals surface area contributed by atoms with Crippen LogP contribution in [0.25, 0.3) is 11.8 Å². The number of esters is 1. The van der Waals surface area contributed by atoms with Crippen molar-refractivity contribution in [3.05, 3.63) is 65.7 Å². The highest BCUT2D eigenvalue weighted by Gasteiger charge is 2.70. The highest BCUT2D eigenvalue weighted by molar-refractivity contribution is 8.13. The number of hydrogen-bond donors (Lipinski definition) is 2. The lowest BCUT2D eigenvalue weighted by Crippen LogP contribution is -2.62. The average molecular weight is 623 g/mol. The largest absolute Gasteiger partial charge is 0.451 e. The standard InChI is InChI=1S/C32H35FN4O6S/c1-30-12-18-14-36-37(20-4-6-26(33)34-15-20)24(18)11-19(30)3-5-21-22-7-8-32(29(41)44-10-9-38,31(22,2)13-25(39)27(21)30)43-28(40)23-16-42-17-35-23/h4,6,11,14-17,21-22,25,27,38-39H,3,5,7-10,12-13H2,1-2H3/t21-,22-,25-,27+,30-,31-,32-/m0/s1. The van der Waals surface area contributed by atoms with E-state index >= 15 is 0 Å². The third-order valence-electron chi connectivity index (χ3n) is 11.1. The quantitative estimate of drug-likeness (QED) is 0.300. The van der Waals surface area contributed by atoms with Crippen LogP contribution in [-0.2, 0) is 16.0 Å². The molecule has 0 bridgehead atoms. The molecule has 0 saturated heterocycles. The van der Waals surface area contributed by atoms with E-state index in [9.17, 15) is 24.2 Å². The first-order valence-corrected chi connectivity index (χ1v) is 16.1. The number of ether oxygens (including phenoxy) is 1. The number of carbonyl (C=O) groups is 2. The van der Waals surface area contributed by atoms with Crippen LogP contribution in [0.4, 0.5) is 4.39 Å². The van der Waals surface area contributed by atoms with Gasteiger partial charge >= 0.3 is 5.97 Å². The van der Waals surface area contributed by atoms with Crippen LogP contribution in [0.5, 0.6) is 0 Å². The predicted octanol–water partition coefficient (Wildman–Crippen LogP) is 4.40. The van der Waals surface area contributed by atoms with Crippen LogP contribution in [0.3, 0.4) is 0 Å². The highest BCUT2D eigenvalue weighted by Crippen LogP contribution is 2.69. The van der Waals surface area contributed by atoms with Crippen molar-refractivity contribution in [1.29, 1.82) is 0 Å². The number of thioether (sulfide) groups is 1. The van der Waals surface area contributed by atoms with Gasteiger partial charge in [-0.25, -0.2) is 19.4 Å². The van der Waals surface area contributed by atoms with Gasteiger partial charge in [0.15, 0.2) is 17.7 Å². The number of rotatable bonds is 6. The van der Waals surface area contributed by atoms with Crippen molar-refractivity contribution in [1.82, 2.24) is 19.7 Å². The fourth-order valence-electron chi connectivity index (χ4n) is 9.20. The maximum Gasteiger partial charge on any atom is 0.361 e. The zero-order valence-electron chi connectivity index (χ0n) is 24.6. The van der Waals surface area contributed by atoms with Gasteiger partial charge in [-0.15, -0.1) is 0 Å². The summed E-state index contributed by atoms with van der Waals surface area (Å²) in [5.41, 5.74) is 1.31. The van der Waals surface area contributed by atoms with Crippen LogP contribution in [0.1, 0.15) is 67.7 Å². The number of fused-ring (bicyclic) bond motifs is 6. The number of nitrogens with zero attached hydrogens (tertiary/aromatic N) is 4. The van der Waals surface area contributed by atoms with Gasteiger partial charge in [-0.05, 0) is 85.5 Å². The van der Waals surface area contributed by atoms with E-state index in [0.29, 0.717) is 31.4 Å². The monoisotopic (exact) mass is 622 g/mol. The number of aliphatic hydroxyl groups excluding tert-OH is 2. The van der Waals surface area contributed by atoms with E-state index in [1.165, 1.54) is 24.1 Å². The summed E-state index contributed by atoms with van der Waals surface area (Å²) in [5, 5.41) is 25.9. The first kappa shape index (κ1) is 29.4. The van der Waals surface area contributed by atoms with E-state index in [4.69, 9.17) is 9.15 Å². The molecule has 0 amide bonds. The second-order valence-corrected chi connectivity index (χ2v) is 14.1. The minimum atomic E-state index is -1.47. The normalized spacial score (nSPS) is 33.9. The summed E-state index contributed by atoms with van der Waals surface area (Å²) in [7, 11) is 0. The van der Waals surface area contributed by atoms with Crippen LogP contribution in [0, 0.1) is 34.5 Å². The van der Waals surface area contributed by atoms with Crippen molar-refractivity contribution in [2.75, 3.05) is 12.4 Å². The first-order valence-electron chi connectivity index (χ1n) is 15.1. The molecule has 0 radical (unpaired) electrons. The maximum absolute atomic E-state index is 13.9. The Morgan fingerprint density at radius 2 is 2.07 bits per heavy atom. The second-order valence-electron chi connectivity index (χ2n) is 13.1. The van der Waals surface area contributed by atoms with Gasteiger partial charge in [0.2, 0.25) is 11.1 Å². The smallest absolute Gasteiger partial charge is 0.361 e. The highest BCUT2D eigenvalue weighted by atomic mass is 32.2. The predicted molar refractivity (Wildman–Crippen MR) is 158 cm³/mol. The Kier molecular flexibility index (Phi) is 7.09. The molecular weight excluding hydrogens is 587 g/mol. The third-order valence-corrected chi connectivity index (χ3v) is 12.0. The second kappa shape index (κ2) is 10.6. The molecule has 0 unspecified atom stereocenters. The zero-order valence-corrected chi connectivity index (χ0v) is 25.4. The lowest BCUT2D eigenvalue weighted by atomic mass is 9.45. The van der Waals surface area contributed by atoms with E-state index in [2.05, 4.69) is 28.1 Å². The summed E-state index contributed by atoms with van der Waals surface area (Å²) in [6, 6.07) is 2.98. The molecule has 3 fully saturated rings. The van der Waals surface area contributed by atoms with Crippen molar-refractivity contribution in [3.8, 4) is 5.69 Å². The molecule has 3 heterocycles. The number of oxazole rings is 1. The van der Waals surface area contributed by atoms with E-state index in [1.807, 2.05) is 13.1 Å². The lowest BCUT2D eigenvalue weighted by molar-refractivity contribution is -0.174. The van der Waals surface area contributed by atoms with Gasteiger partial charge in [0, 0.05) is 11.2 Å². The summed E-state index contributed by atoms with van der Waals surface area (Å²) in [4.78, 5) is 34.9. The SMILES string of the molecule is C[C@]12Cc3cnn(-c4ccc(F)nc4)c3C=C1CC[C@@H]1[C@@H]2[C@@H](O)C[C@@]2(C)[C@H]1CC[C@]2(OC(=O)c1cocn1)C(=O)SCCO. The molecule has 0 aromatic carbocycles. The molecule has 3 saturated carbocycles. The number of hydrogen-bond acceptors (Lipinski definition) is 10. The Hall–Kier alpha value is -3.35. The van der Waals surface area contributed by atoms with Gasteiger partial charge in [0.1, 0.15) is 6.26 Å². The molecule has 232 valence electrons. The molecular formula is C32H35FN4O6S. The van der Waals surface area contributed by atoms with Crippen molar-refractivity contribution in [2.45, 2.75) is 64.1 Å². The van der Waals surface area contributed by atoms with E-state index in [1.54, 1.807) is 10.7 Å². The van der Waals surface area contributed by atoms with Crippen LogP contribution in [0.2, 0.25) is 0 Å². The van der Waals surface area contributed by atoms with Gasteiger partial charge in [-0.2, -0.15) is 9.49 Å². The molecule has 12 heteroatoms. The number of pyridine rings is 1. The van der Waals surface area contributed by atoms with Gasteiger partial charge in [0.25, 0.3) is 0 Å². The van der Waals surface area contributed by atoms with E-state index in [0.717, 1.165) is 42.3 Å². The van der Waals surface area contributed by atoms with Gasteiger partial charge in [-0.3, -0.25) is 4.79 Å². The van der Waals surface area contributed by atoms with Crippen LogP contribution in [-0.4, -0.2) is 65.1 Å². The van der Waals surface area contributed by atoms with E-state index < -0.39 is 29.0 Å². The number of aliphatic hydroxyl groups is 2. The fraction of sp³-hybridized carbons (Fsp3) is 0.531. The number of carbonyl (C=O) groups excluding carboxylic acids is 2. The Morgan fingerprint density at radius 1 is 1.23 bits per heavy atom. The molecule has 7 rings (SSSR count). The molecule has 3 aromatic heterocycles. The maximum atomic E-state index is 13.9. The lowest BCUT2D eigenvalue weighted by Gasteiger charge is -2.60. The van der Waals surface area contributed by atoms with Gasteiger partial charge < -0.3 is 19.4 Å². The van der Waals surface area contributed by atoms with Crippen LogP contribution >= 0.6 is 11.8 Å². The number of aromatic nitrogens is 4. The minimum absolute atomic E-state index is 0.0134. The molecule has 44 heavy (non-hydrogen) atoms. The third kappa shape index (κ3) is 4.24. The fourth-order valence-corrected chi connectivity index (χ4v) is 10.1. The topological polar surface area (TPSA) is 141 Å². The molecule has 0 spiro atoms. The molecule has 4 aliphatic carbocycles. The van der Waals surface area contributed by atoms with Crippen molar-refractivity contribution in [3.63, 3.8) is 0 Å². The van der Waals surface area contributed by atoms with E-state index in [-0.39, 0.29) is 46.3 Å². The van der Waals surface area contributed by atoms with Crippen LogP contribution < -0.4 is 0 Å². The zero-order chi connectivity index (χ0) is 30.9. The molecule has 2 N–H and O–H groups in total.